The van der Waals surface area contributed by atoms with Crippen LogP contribution in [0.4, 0.5) is 0 Å². The van der Waals surface area contributed by atoms with Gasteiger partial charge in [0, 0.05) is 0 Å². The maximum atomic E-state index is 6.36. The molecule has 0 aromatic heterocycles. The van der Waals surface area contributed by atoms with Crippen LogP contribution in [0.3, 0.4) is 0 Å². The molecule has 0 aliphatic carbocycles. The largest absolute Gasteiger partial charge is 0.416 e. The summed E-state index contributed by atoms with van der Waals surface area (Å²) >= 11 is 0. The van der Waals surface area contributed by atoms with E-state index in [0.717, 1.165) is 0 Å². The van der Waals surface area contributed by atoms with Crippen molar-refractivity contribution in [3.05, 3.63) is 0 Å². The molecule has 1 saturated heterocycles. The summed E-state index contributed by atoms with van der Waals surface area (Å²) in [5.41, 5.74) is 0. The minimum absolute atomic E-state index is 0.0636. The summed E-state index contributed by atoms with van der Waals surface area (Å²) in [6.45, 7) is 20.4. The summed E-state index contributed by atoms with van der Waals surface area (Å²) in [6, 6.07) is 0. The van der Waals surface area contributed by atoms with Gasteiger partial charge in [-0.15, -0.1) is 0 Å². The highest BCUT2D eigenvalue weighted by Crippen LogP contribution is 2.27. The second kappa shape index (κ2) is 6.76. The Kier molecular flexibility index (Phi) is 6.48. The maximum absolute atomic E-state index is 6.36. The Morgan fingerprint density at radius 2 is 0.636 bits per heavy atom. The van der Waals surface area contributed by atoms with Crippen LogP contribution in [0, 0.1) is 0 Å². The first-order valence-electron chi connectivity index (χ1n) is 7.45. The SMILES string of the molecule is C[Si]1(C)O[Si]O[Si](C)(C)O[Si](C)(C)O[Si](C)(C)O[Si](C)(C)O1. The highest BCUT2D eigenvalue weighted by Gasteiger charge is 2.47. The Balaban J connectivity index is 3.05. The Morgan fingerprint density at radius 3 is 0.909 bits per heavy atom. The fourth-order valence-electron chi connectivity index (χ4n) is 2.69. The van der Waals surface area contributed by atoms with Crippen molar-refractivity contribution >= 4 is 52.8 Å². The normalized spacial score (nSPS) is 30.8. The van der Waals surface area contributed by atoms with E-state index in [1.54, 1.807) is 0 Å². The highest BCUT2D eigenvalue weighted by atomic mass is 28.5. The van der Waals surface area contributed by atoms with E-state index in [2.05, 4.69) is 13.1 Å². The Hall–Kier alpha value is 1.06. The van der Waals surface area contributed by atoms with Crippen LogP contribution in [0.5, 0.6) is 0 Å². The van der Waals surface area contributed by atoms with E-state index in [4.69, 9.17) is 24.7 Å². The molecule has 0 saturated carbocycles. The van der Waals surface area contributed by atoms with Gasteiger partial charge in [0.2, 0.25) is 0 Å². The number of rotatable bonds is 0. The van der Waals surface area contributed by atoms with Gasteiger partial charge in [0.05, 0.1) is 0 Å². The lowest BCUT2D eigenvalue weighted by Crippen LogP contribution is -2.60. The van der Waals surface area contributed by atoms with Gasteiger partial charge in [-0.25, -0.2) is 0 Å². The molecule has 2 radical (unpaired) electrons. The van der Waals surface area contributed by atoms with E-state index in [9.17, 15) is 0 Å². The van der Waals surface area contributed by atoms with Gasteiger partial charge in [0.1, 0.15) is 0 Å². The average molecular weight is 415 g/mol. The summed E-state index contributed by atoms with van der Waals surface area (Å²) in [6.07, 6.45) is 0. The van der Waals surface area contributed by atoms with Crippen LogP contribution in [0.1, 0.15) is 0 Å². The minimum atomic E-state index is -2.35. The zero-order chi connectivity index (χ0) is 17.4. The quantitative estimate of drug-likeness (QED) is 0.568. The summed E-state index contributed by atoms with van der Waals surface area (Å²) in [4.78, 5) is 0. The molecule has 0 bridgehead atoms. The smallest absolute Gasteiger partial charge is 0.413 e. The van der Waals surface area contributed by atoms with Crippen molar-refractivity contribution in [3.63, 3.8) is 0 Å². The molecule has 1 rings (SSSR count). The van der Waals surface area contributed by atoms with Gasteiger partial charge in [-0.1, -0.05) is 0 Å². The van der Waals surface area contributed by atoms with Crippen molar-refractivity contribution in [1.82, 2.24) is 0 Å². The molecular weight excluding hydrogens is 385 g/mol. The molecule has 130 valence electrons. The first-order valence-corrected chi connectivity index (χ1v) is 22.3. The lowest BCUT2D eigenvalue weighted by Gasteiger charge is -2.43. The van der Waals surface area contributed by atoms with Crippen LogP contribution in [-0.4, -0.2) is 52.8 Å². The summed E-state index contributed by atoms with van der Waals surface area (Å²) < 4.78 is 37.1. The molecule has 0 amide bonds. The predicted octanol–water partition coefficient (Wildman–Crippen LogP) is 3.14. The molecule has 22 heavy (non-hydrogen) atoms. The lowest BCUT2D eigenvalue weighted by molar-refractivity contribution is 0.254. The van der Waals surface area contributed by atoms with E-state index in [-0.39, 0.29) is 10.0 Å². The number of hydrogen-bond donors (Lipinski definition) is 0. The molecule has 0 atom stereocenters. The first-order chi connectivity index (χ1) is 9.54. The van der Waals surface area contributed by atoms with Crippen molar-refractivity contribution in [2.75, 3.05) is 0 Å². The minimum Gasteiger partial charge on any atom is -0.416 e. The highest BCUT2D eigenvalue weighted by molar-refractivity contribution is 6.90. The lowest BCUT2D eigenvalue weighted by atomic mass is 11.9. The topological polar surface area (TPSA) is 55.4 Å². The molecule has 0 spiro atoms. The molecule has 0 unspecified atom stereocenters. The zero-order valence-electron chi connectivity index (χ0n) is 15.4. The van der Waals surface area contributed by atoms with Crippen molar-refractivity contribution in [2.24, 2.45) is 0 Å². The standard InChI is InChI=1S/C10H30O6Si6/c1-18(2)11-17-12-19(3,4)14-21(7,8)16-22(9,10)15-20(5,6)13-18/h1-10H3. The molecule has 0 N–H and O–H groups in total. The zero-order valence-corrected chi connectivity index (χ0v) is 21.4. The molecular formula is C10H30O6Si6. The third-order valence-corrected chi connectivity index (χ3v) is 22.9. The third-order valence-electron chi connectivity index (χ3n) is 2.54. The Labute approximate surface area is 143 Å². The molecule has 12 heteroatoms. The first kappa shape index (κ1) is 21.1. The summed E-state index contributed by atoms with van der Waals surface area (Å²) in [7, 11) is -11.7. The van der Waals surface area contributed by atoms with Crippen LogP contribution in [0.25, 0.3) is 0 Å². The van der Waals surface area contributed by atoms with Crippen LogP contribution in [0.2, 0.25) is 65.5 Å². The van der Waals surface area contributed by atoms with Gasteiger partial charge in [-0.3, -0.25) is 0 Å². The molecule has 6 nitrogen and oxygen atoms in total. The van der Waals surface area contributed by atoms with Gasteiger partial charge in [-0.05, 0) is 65.5 Å². The van der Waals surface area contributed by atoms with E-state index in [0.29, 0.717) is 0 Å². The molecule has 0 aromatic rings. The van der Waals surface area contributed by atoms with Gasteiger partial charge < -0.3 is 24.7 Å². The second-order valence-corrected chi connectivity index (χ2v) is 26.8. The van der Waals surface area contributed by atoms with Crippen LogP contribution in [-0.2, 0) is 24.7 Å². The molecule has 1 heterocycles. The summed E-state index contributed by atoms with van der Waals surface area (Å²) in [5.74, 6) is 0. The second-order valence-electron chi connectivity index (χ2n) is 7.69. The summed E-state index contributed by atoms with van der Waals surface area (Å²) in [5, 5.41) is 0. The van der Waals surface area contributed by atoms with E-state index >= 15 is 0 Å². The van der Waals surface area contributed by atoms with Crippen molar-refractivity contribution in [2.45, 2.75) is 65.5 Å². The van der Waals surface area contributed by atoms with Gasteiger partial charge >= 0.3 is 52.8 Å². The van der Waals surface area contributed by atoms with Gasteiger partial charge in [-0.2, -0.15) is 0 Å². The monoisotopic (exact) mass is 414 g/mol. The van der Waals surface area contributed by atoms with Crippen molar-refractivity contribution in [3.8, 4) is 0 Å². The predicted molar refractivity (Wildman–Crippen MR) is 99.7 cm³/mol. The fourth-order valence-corrected chi connectivity index (χ4v) is 26.5. The van der Waals surface area contributed by atoms with E-state index < -0.39 is 42.8 Å². The maximum Gasteiger partial charge on any atom is 0.413 e. The van der Waals surface area contributed by atoms with Crippen molar-refractivity contribution < 1.29 is 24.7 Å². The Bertz CT molecular complexity index is 365. The third kappa shape index (κ3) is 7.75. The van der Waals surface area contributed by atoms with Crippen LogP contribution >= 0.6 is 0 Å². The van der Waals surface area contributed by atoms with E-state index in [1.165, 1.54) is 0 Å². The van der Waals surface area contributed by atoms with Gasteiger partial charge in [0.25, 0.3) is 0 Å². The van der Waals surface area contributed by atoms with Crippen LogP contribution < -0.4 is 0 Å². The molecule has 1 aliphatic heterocycles. The fraction of sp³-hybridized carbons (Fsp3) is 1.00. The van der Waals surface area contributed by atoms with Crippen molar-refractivity contribution in [1.29, 1.82) is 0 Å². The van der Waals surface area contributed by atoms with Gasteiger partial charge in [0.15, 0.2) is 0 Å². The van der Waals surface area contributed by atoms with E-state index in [1.807, 2.05) is 52.4 Å². The molecule has 0 aromatic carbocycles. The molecule has 1 fully saturated rings. The average Bonchev–Trinajstić information content (AvgIpc) is 2.04. The van der Waals surface area contributed by atoms with Crippen LogP contribution in [0.15, 0.2) is 0 Å². The molecule has 1 aliphatic rings. The number of hydrogen-bond acceptors (Lipinski definition) is 6. The Morgan fingerprint density at radius 1 is 0.409 bits per heavy atom.